The van der Waals surface area contributed by atoms with Crippen LogP contribution in [0, 0.1) is 13.8 Å². The van der Waals surface area contributed by atoms with Crippen molar-refractivity contribution in [1.82, 2.24) is 0 Å². The van der Waals surface area contributed by atoms with Crippen molar-refractivity contribution in [2.24, 2.45) is 0 Å². The average Bonchev–Trinajstić information content (AvgIpc) is 3.10. The van der Waals surface area contributed by atoms with Gasteiger partial charge in [-0.05, 0) is 55.7 Å². The van der Waals surface area contributed by atoms with E-state index in [2.05, 4.69) is 5.32 Å². The molecule has 0 bridgehead atoms. The van der Waals surface area contributed by atoms with Crippen LogP contribution in [0.1, 0.15) is 24.0 Å². The highest BCUT2D eigenvalue weighted by Gasteiger charge is 2.20. The van der Waals surface area contributed by atoms with Crippen molar-refractivity contribution >= 4 is 49.2 Å². The minimum Gasteiger partial charge on any atom is -0.456 e. The molecule has 4 aromatic rings. The second-order valence-electron chi connectivity index (χ2n) is 8.02. The number of nitrogens with zero attached hydrogens (tertiary/aromatic N) is 1. The zero-order valence-corrected chi connectivity index (χ0v) is 19.2. The summed E-state index contributed by atoms with van der Waals surface area (Å²) in [6.45, 7) is 4.09. The van der Waals surface area contributed by atoms with E-state index in [0.29, 0.717) is 23.4 Å². The van der Waals surface area contributed by atoms with E-state index in [1.165, 1.54) is 10.6 Å². The van der Waals surface area contributed by atoms with Crippen LogP contribution in [0.2, 0.25) is 0 Å². The first-order chi connectivity index (χ1) is 15.2. The second kappa shape index (κ2) is 8.67. The zero-order chi connectivity index (χ0) is 22.9. The molecule has 0 fully saturated rings. The maximum Gasteiger partial charge on any atom is 0.232 e. The molecular weight excluding hydrogens is 424 g/mol. The van der Waals surface area contributed by atoms with E-state index in [9.17, 15) is 13.2 Å². The molecule has 0 aliphatic carbocycles. The van der Waals surface area contributed by atoms with Crippen molar-refractivity contribution in [3.63, 3.8) is 0 Å². The predicted octanol–water partition coefficient (Wildman–Crippen LogP) is 5.39. The van der Waals surface area contributed by atoms with Crippen LogP contribution in [-0.2, 0) is 14.8 Å². The number of aryl methyl sites for hydroxylation is 1. The highest BCUT2D eigenvalue weighted by Crippen LogP contribution is 2.30. The summed E-state index contributed by atoms with van der Waals surface area (Å²) in [4.78, 5) is 12.5. The number of amides is 1. The molecule has 0 atom stereocenters. The Balaban J connectivity index is 1.42. The van der Waals surface area contributed by atoms with Gasteiger partial charge in [-0.25, -0.2) is 8.42 Å². The molecule has 166 valence electrons. The smallest absolute Gasteiger partial charge is 0.232 e. The van der Waals surface area contributed by atoms with Crippen LogP contribution in [0.3, 0.4) is 0 Å². The number of hydrogen-bond donors (Lipinski definition) is 1. The lowest BCUT2D eigenvalue weighted by atomic mass is 10.1. The van der Waals surface area contributed by atoms with Gasteiger partial charge in [0.25, 0.3) is 0 Å². The Hall–Kier alpha value is -3.32. The third-order valence-electron chi connectivity index (χ3n) is 5.67. The fourth-order valence-electron chi connectivity index (χ4n) is 3.88. The third-order valence-corrected chi connectivity index (χ3v) is 6.85. The first kappa shape index (κ1) is 21.9. The van der Waals surface area contributed by atoms with Crippen molar-refractivity contribution in [3.05, 3.63) is 71.8 Å². The standard InChI is InChI=1S/C25H26N2O4S/c1-17-8-6-10-22(18(17)2)27(32(3,29)30)15-7-12-25(28)26-19-13-14-21-20-9-4-5-11-23(20)31-24(21)16-19/h4-6,8-11,13-14,16H,7,12,15H2,1-3H3,(H,26,28). The quantitative estimate of drug-likeness (QED) is 0.409. The molecule has 0 saturated heterocycles. The Kier molecular flexibility index (Phi) is 5.93. The summed E-state index contributed by atoms with van der Waals surface area (Å²) >= 11 is 0. The Morgan fingerprint density at radius 3 is 2.50 bits per heavy atom. The van der Waals surface area contributed by atoms with Gasteiger partial charge < -0.3 is 9.73 Å². The topological polar surface area (TPSA) is 79.6 Å². The summed E-state index contributed by atoms with van der Waals surface area (Å²) in [5, 5.41) is 4.92. The van der Waals surface area contributed by atoms with Crippen LogP contribution in [0.5, 0.6) is 0 Å². The lowest BCUT2D eigenvalue weighted by Crippen LogP contribution is -2.32. The largest absolute Gasteiger partial charge is 0.456 e. The minimum absolute atomic E-state index is 0.171. The monoisotopic (exact) mass is 450 g/mol. The number of furan rings is 1. The summed E-state index contributed by atoms with van der Waals surface area (Å²) in [6, 6.07) is 19.0. The number of anilines is 2. The maximum atomic E-state index is 12.5. The number of nitrogens with one attached hydrogen (secondary N) is 1. The Bertz CT molecular complexity index is 1410. The lowest BCUT2D eigenvalue weighted by molar-refractivity contribution is -0.116. The molecule has 7 heteroatoms. The maximum absolute atomic E-state index is 12.5. The highest BCUT2D eigenvalue weighted by molar-refractivity contribution is 7.92. The van der Waals surface area contributed by atoms with E-state index in [0.717, 1.165) is 27.5 Å². The van der Waals surface area contributed by atoms with Gasteiger partial charge in [0.2, 0.25) is 15.9 Å². The molecule has 6 nitrogen and oxygen atoms in total. The van der Waals surface area contributed by atoms with E-state index in [1.54, 1.807) is 6.07 Å². The van der Waals surface area contributed by atoms with Crippen molar-refractivity contribution in [2.45, 2.75) is 26.7 Å². The molecule has 1 heterocycles. The molecule has 3 aromatic carbocycles. The van der Waals surface area contributed by atoms with Gasteiger partial charge in [0.15, 0.2) is 0 Å². The molecule has 0 aliphatic heterocycles. The third kappa shape index (κ3) is 4.48. The SMILES string of the molecule is Cc1cccc(N(CCCC(=O)Nc2ccc3c(c2)oc2ccccc23)S(C)(=O)=O)c1C. The van der Waals surface area contributed by atoms with Crippen LogP contribution < -0.4 is 9.62 Å². The van der Waals surface area contributed by atoms with Crippen molar-refractivity contribution in [1.29, 1.82) is 0 Å². The highest BCUT2D eigenvalue weighted by atomic mass is 32.2. The number of sulfonamides is 1. The summed E-state index contributed by atoms with van der Waals surface area (Å²) in [5.74, 6) is -0.171. The van der Waals surface area contributed by atoms with E-state index < -0.39 is 10.0 Å². The van der Waals surface area contributed by atoms with Gasteiger partial charge in [0, 0.05) is 35.5 Å². The lowest BCUT2D eigenvalue weighted by Gasteiger charge is -2.24. The molecule has 1 N–H and O–H groups in total. The Morgan fingerprint density at radius 2 is 1.72 bits per heavy atom. The van der Waals surface area contributed by atoms with Crippen LogP contribution in [0.4, 0.5) is 11.4 Å². The first-order valence-corrected chi connectivity index (χ1v) is 12.3. The summed E-state index contributed by atoms with van der Waals surface area (Å²) in [5.41, 5.74) is 4.76. The van der Waals surface area contributed by atoms with Crippen LogP contribution in [0.15, 0.2) is 65.1 Å². The fraction of sp³-hybridized carbons (Fsp3) is 0.240. The summed E-state index contributed by atoms with van der Waals surface area (Å²) < 4.78 is 32.0. The predicted molar refractivity (Wildman–Crippen MR) is 130 cm³/mol. The molecule has 0 unspecified atom stereocenters. The number of para-hydroxylation sites is 1. The number of carbonyl (C=O) groups is 1. The number of rotatable bonds is 7. The van der Waals surface area contributed by atoms with Crippen LogP contribution in [0.25, 0.3) is 21.9 Å². The van der Waals surface area contributed by atoms with Gasteiger partial charge in [0.05, 0.1) is 11.9 Å². The molecule has 32 heavy (non-hydrogen) atoms. The fourth-order valence-corrected chi connectivity index (χ4v) is 4.90. The number of hydrogen-bond acceptors (Lipinski definition) is 4. The first-order valence-electron chi connectivity index (χ1n) is 10.5. The van der Waals surface area contributed by atoms with E-state index in [4.69, 9.17) is 4.42 Å². The molecule has 1 amide bonds. The van der Waals surface area contributed by atoms with E-state index in [-0.39, 0.29) is 18.9 Å². The minimum atomic E-state index is -3.46. The van der Waals surface area contributed by atoms with Crippen molar-refractivity contribution < 1.29 is 17.6 Å². The molecule has 4 rings (SSSR count). The molecule has 0 saturated carbocycles. The molecule has 0 spiro atoms. The van der Waals surface area contributed by atoms with Gasteiger partial charge in [-0.1, -0.05) is 30.3 Å². The Morgan fingerprint density at radius 1 is 0.969 bits per heavy atom. The van der Waals surface area contributed by atoms with Gasteiger partial charge in [-0.15, -0.1) is 0 Å². The average molecular weight is 451 g/mol. The summed E-state index contributed by atoms with van der Waals surface area (Å²) in [6.07, 6.45) is 1.80. The van der Waals surface area contributed by atoms with E-state index in [1.807, 2.05) is 68.4 Å². The Labute approximate surface area is 187 Å². The summed E-state index contributed by atoms with van der Waals surface area (Å²) in [7, 11) is -3.46. The van der Waals surface area contributed by atoms with Crippen LogP contribution >= 0.6 is 0 Å². The van der Waals surface area contributed by atoms with Gasteiger partial charge in [0.1, 0.15) is 11.2 Å². The number of fused-ring (bicyclic) bond motifs is 3. The van der Waals surface area contributed by atoms with Gasteiger partial charge in [-0.3, -0.25) is 9.10 Å². The van der Waals surface area contributed by atoms with E-state index >= 15 is 0 Å². The zero-order valence-electron chi connectivity index (χ0n) is 18.4. The molecular formula is C25H26N2O4S. The van der Waals surface area contributed by atoms with Gasteiger partial charge in [-0.2, -0.15) is 0 Å². The van der Waals surface area contributed by atoms with Gasteiger partial charge >= 0.3 is 0 Å². The number of benzene rings is 3. The normalized spacial score (nSPS) is 11.7. The molecule has 0 radical (unpaired) electrons. The van der Waals surface area contributed by atoms with Crippen molar-refractivity contribution in [3.8, 4) is 0 Å². The second-order valence-corrected chi connectivity index (χ2v) is 9.92. The molecule has 0 aliphatic rings. The van der Waals surface area contributed by atoms with Crippen molar-refractivity contribution in [2.75, 3.05) is 22.4 Å². The van der Waals surface area contributed by atoms with Crippen LogP contribution in [-0.4, -0.2) is 27.1 Å². The number of carbonyl (C=O) groups excluding carboxylic acids is 1. The molecule has 1 aromatic heterocycles.